The predicted molar refractivity (Wildman–Crippen MR) is 191 cm³/mol. The molecule has 256 valence electrons. The van der Waals surface area contributed by atoms with Crippen LogP contribution in [-0.2, 0) is 0 Å². The van der Waals surface area contributed by atoms with Gasteiger partial charge in [0, 0.05) is 13.1 Å². The van der Waals surface area contributed by atoms with Gasteiger partial charge in [-0.25, -0.2) is 4.99 Å². The van der Waals surface area contributed by atoms with Crippen molar-refractivity contribution in [2.45, 2.75) is 19.4 Å². The Kier molecular flexibility index (Phi) is 10.1. The molecule has 3 aromatic carbocycles. The van der Waals surface area contributed by atoms with Gasteiger partial charge in [-0.2, -0.15) is 0 Å². The van der Waals surface area contributed by atoms with Gasteiger partial charge in [-0.15, -0.1) is 0 Å². The molecule has 0 N–H and O–H groups in total. The van der Waals surface area contributed by atoms with Crippen molar-refractivity contribution in [3.05, 3.63) is 108 Å². The number of hydrogen-bond acceptors (Lipinski definition) is 10. The first kappa shape index (κ1) is 33.9. The standard InChI is InChI=1S/C38H41N3O7S/c1-8-15-40-21-26(16-23-9-12-28(43-2)31(17-23)46-5)35-27(22-40)36(25-11-14-30(45-4)33(20-25)48-7)41-37(42)34(49-38(41)39-35)19-24-10-13-29(44-3)32(18-24)47-6/h9-14,16-20,36H,8,15,21-22H2,1-7H3/b26-16+,34-19-. The maximum absolute atomic E-state index is 14.4. The fourth-order valence-corrected chi connectivity index (χ4v) is 7.50. The Balaban J connectivity index is 1.60. The summed E-state index contributed by atoms with van der Waals surface area (Å²) in [5.41, 5.74) is 5.56. The Labute approximate surface area is 289 Å². The van der Waals surface area contributed by atoms with Gasteiger partial charge in [-0.05, 0) is 89.4 Å². The molecule has 11 heteroatoms. The molecule has 0 bridgehead atoms. The summed E-state index contributed by atoms with van der Waals surface area (Å²) in [6.45, 7) is 4.44. The summed E-state index contributed by atoms with van der Waals surface area (Å²) in [4.78, 5) is 22.7. The van der Waals surface area contributed by atoms with Gasteiger partial charge in [0.05, 0.1) is 58.9 Å². The van der Waals surface area contributed by atoms with Crippen LogP contribution in [0.1, 0.15) is 36.1 Å². The number of nitrogens with zero attached hydrogens (tertiary/aromatic N) is 3. The molecule has 0 spiro atoms. The first-order valence-corrected chi connectivity index (χ1v) is 16.8. The smallest absolute Gasteiger partial charge is 0.271 e. The first-order chi connectivity index (χ1) is 23.8. The van der Waals surface area contributed by atoms with Crippen LogP contribution in [0.2, 0.25) is 0 Å². The van der Waals surface area contributed by atoms with Gasteiger partial charge in [-0.1, -0.05) is 36.5 Å². The molecule has 4 aromatic rings. The number of hydrogen-bond donors (Lipinski definition) is 0. The molecule has 1 unspecified atom stereocenters. The Morgan fingerprint density at radius 1 is 0.735 bits per heavy atom. The zero-order valence-electron chi connectivity index (χ0n) is 28.9. The first-order valence-electron chi connectivity index (χ1n) is 16.0. The third kappa shape index (κ3) is 6.56. The van der Waals surface area contributed by atoms with Crippen molar-refractivity contribution in [1.29, 1.82) is 0 Å². The number of fused-ring (bicyclic) bond motifs is 1. The summed E-state index contributed by atoms with van der Waals surface area (Å²) in [5.74, 6) is 3.73. The molecular weight excluding hydrogens is 642 g/mol. The zero-order chi connectivity index (χ0) is 34.7. The lowest BCUT2D eigenvalue weighted by Gasteiger charge is -2.36. The largest absolute Gasteiger partial charge is 0.493 e. The second kappa shape index (κ2) is 14.6. The fraction of sp³-hybridized carbons (Fsp3) is 0.316. The van der Waals surface area contributed by atoms with E-state index in [0.29, 0.717) is 56.9 Å². The van der Waals surface area contributed by atoms with Crippen LogP contribution >= 0.6 is 11.3 Å². The molecule has 0 fully saturated rings. The van der Waals surface area contributed by atoms with Crippen LogP contribution in [0.5, 0.6) is 34.5 Å². The van der Waals surface area contributed by atoms with E-state index >= 15 is 0 Å². The Hall–Kier alpha value is -5.00. The summed E-state index contributed by atoms with van der Waals surface area (Å²) >= 11 is 1.37. The zero-order valence-corrected chi connectivity index (χ0v) is 29.7. The van der Waals surface area contributed by atoms with Gasteiger partial charge in [0.2, 0.25) is 0 Å². The van der Waals surface area contributed by atoms with E-state index in [4.69, 9.17) is 33.4 Å². The van der Waals surface area contributed by atoms with Crippen molar-refractivity contribution >= 4 is 23.5 Å². The van der Waals surface area contributed by atoms with Crippen LogP contribution in [0.3, 0.4) is 0 Å². The average Bonchev–Trinajstić information content (AvgIpc) is 3.44. The lowest BCUT2D eigenvalue weighted by Crippen LogP contribution is -2.44. The average molecular weight is 684 g/mol. The van der Waals surface area contributed by atoms with E-state index in [9.17, 15) is 4.79 Å². The summed E-state index contributed by atoms with van der Waals surface area (Å²) in [6.07, 6.45) is 5.02. The molecule has 2 aliphatic rings. The van der Waals surface area contributed by atoms with E-state index in [-0.39, 0.29) is 5.56 Å². The molecule has 0 saturated heterocycles. The van der Waals surface area contributed by atoms with Gasteiger partial charge in [-0.3, -0.25) is 14.3 Å². The van der Waals surface area contributed by atoms with E-state index in [1.165, 1.54) is 11.3 Å². The van der Waals surface area contributed by atoms with Gasteiger partial charge in [0.15, 0.2) is 39.3 Å². The van der Waals surface area contributed by atoms with Crippen LogP contribution in [0.15, 0.2) is 81.2 Å². The summed E-state index contributed by atoms with van der Waals surface area (Å²) < 4.78 is 35.7. The van der Waals surface area contributed by atoms with Crippen molar-refractivity contribution in [2.24, 2.45) is 4.99 Å². The molecule has 6 rings (SSSR count). The molecule has 0 saturated carbocycles. The lowest BCUT2D eigenvalue weighted by atomic mass is 9.89. The van der Waals surface area contributed by atoms with Gasteiger partial charge in [0.1, 0.15) is 0 Å². The number of methoxy groups -OCH3 is 6. The SMILES string of the molecule is CCCN1CC2=C(N=c3s/c(=C\c4ccc(OC)c(OC)c4)c(=O)n3C2c2ccc(OC)c(OC)c2)/C(=C/c2ccc(OC)c(OC)c2)C1. The number of ether oxygens (including phenoxy) is 6. The topological polar surface area (TPSA) is 93.0 Å². The van der Waals surface area contributed by atoms with Crippen LogP contribution < -0.4 is 43.3 Å². The second-order valence-electron chi connectivity index (χ2n) is 11.7. The number of rotatable bonds is 11. The summed E-state index contributed by atoms with van der Waals surface area (Å²) in [7, 11) is 9.69. The maximum Gasteiger partial charge on any atom is 0.271 e. The molecule has 1 aromatic heterocycles. The third-order valence-corrected chi connectivity index (χ3v) is 9.73. The van der Waals surface area contributed by atoms with Crippen LogP contribution in [-0.4, -0.2) is 71.8 Å². The Bertz CT molecular complexity index is 2110. The molecule has 0 radical (unpaired) electrons. The van der Waals surface area contributed by atoms with Gasteiger partial charge >= 0.3 is 0 Å². The minimum atomic E-state index is -0.424. The highest BCUT2D eigenvalue weighted by molar-refractivity contribution is 7.07. The van der Waals surface area contributed by atoms with E-state index in [0.717, 1.165) is 46.5 Å². The molecular formula is C38H41N3O7S. The van der Waals surface area contributed by atoms with E-state index in [1.807, 2.05) is 65.2 Å². The summed E-state index contributed by atoms with van der Waals surface area (Å²) in [6, 6.07) is 16.9. The Morgan fingerprint density at radius 3 is 1.86 bits per heavy atom. The van der Waals surface area contributed by atoms with Crippen LogP contribution in [0.4, 0.5) is 0 Å². The number of thiazole rings is 1. The highest BCUT2D eigenvalue weighted by atomic mass is 32.1. The monoisotopic (exact) mass is 683 g/mol. The Morgan fingerprint density at radius 2 is 1.29 bits per heavy atom. The molecule has 49 heavy (non-hydrogen) atoms. The molecule has 0 aliphatic carbocycles. The molecule has 2 aliphatic heterocycles. The minimum absolute atomic E-state index is 0.122. The third-order valence-electron chi connectivity index (χ3n) is 8.75. The molecule has 3 heterocycles. The molecule has 10 nitrogen and oxygen atoms in total. The van der Waals surface area contributed by atoms with Crippen molar-refractivity contribution in [3.8, 4) is 34.5 Å². The van der Waals surface area contributed by atoms with E-state index in [2.05, 4.69) is 17.9 Å². The molecule has 1 atom stereocenters. The van der Waals surface area contributed by atoms with Crippen LogP contribution in [0, 0.1) is 0 Å². The highest BCUT2D eigenvalue weighted by Crippen LogP contribution is 2.40. The normalized spacial score (nSPS) is 16.9. The summed E-state index contributed by atoms with van der Waals surface area (Å²) in [5, 5.41) is 0. The van der Waals surface area contributed by atoms with Crippen LogP contribution in [0.25, 0.3) is 12.2 Å². The molecule has 0 amide bonds. The quantitative estimate of drug-likeness (QED) is 0.216. The second-order valence-corrected chi connectivity index (χ2v) is 12.7. The van der Waals surface area contributed by atoms with Crippen molar-refractivity contribution < 1.29 is 28.4 Å². The van der Waals surface area contributed by atoms with Gasteiger partial charge < -0.3 is 28.4 Å². The van der Waals surface area contributed by atoms with E-state index < -0.39 is 6.04 Å². The highest BCUT2D eigenvalue weighted by Gasteiger charge is 2.35. The maximum atomic E-state index is 14.4. The predicted octanol–water partition coefficient (Wildman–Crippen LogP) is 5.08. The fourth-order valence-electron chi connectivity index (χ4n) is 6.50. The van der Waals surface area contributed by atoms with Gasteiger partial charge in [0.25, 0.3) is 5.56 Å². The van der Waals surface area contributed by atoms with Crippen molar-refractivity contribution in [1.82, 2.24) is 9.47 Å². The van der Waals surface area contributed by atoms with E-state index in [1.54, 1.807) is 42.7 Å². The van der Waals surface area contributed by atoms with Crippen molar-refractivity contribution in [2.75, 3.05) is 62.3 Å². The minimum Gasteiger partial charge on any atom is -0.493 e. The number of aromatic nitrogens is 1. The number of benzene rings is 3. The lowest BCUT2D eigenvalue weighted by molar-refractivity contribution is 0.299. The van der Waals surface area contributed by atoms with Crippen molar-refractivity contribution in [3.63, 3.8) is 0 Å².